The topological polar surface area (TPSA) is 38.3 Å². The number of halogens is 1. The molecule has 0 spiro atoms. The molecule has 1 aliphatic heterocycles. The van der Waals surface area contributed by atoms with Crippen molar-refractivity contribution in [3.8, 4) is 0 Å². The molecule has 1 aromatic carbocycles. The molecule has 4 heteroatoms. The fourth-order valence-corrected chi connectivity index (χ4v) is 2.72. The van der Waals surface area contributed by atoms with Gasteiger partial charge in [-0.25, -0.2) is 4.39 Å². The minimum Gasteiger partial charge on any atom is -0.376 e. The number of aryl methyl sites for hydroxylation is 1. The van der Waals surface area contributed by atoms with Crippen LogP contribution in [0.1, 0.15) is 35.2 Å². The highest BCUT2D eigenvalue weighted by atomic mass is 19.1. The van der Waals surface area contributed by atoms with Gasteiger partial charge in [-0.05, 0) is 43.7 Å². The summed E-state index contributed by atoms with van der Waals surface area (Å²) in [5, 5.41) is 2.93. The predicted molar refractivity (Wildman–Crippen MR) is 69.5 cm³/mol. The lowest BCUT2D eigenvalue weighted by Crippen LogP contribution is -2.41. The minimum atomic E-state index is -0.429. The second kappa shape index (κ2) is 4.93. The summed E-state index contributed by atoms with van der Waals surface area (Å²) in [6.45, 7) is 2.35. The molecule has 2 unspecified atom stereocenters. The third kappa shape index (κ3) is 2.50. The van der Waals surface area contributed by atoms with Crippen LogP contribution >= 0.6 is 0 Å². The molecule has 0 bridgehead atoms. The summed E-state index contributed by atoms with van der Waals surface area (Å²) < 4.78 is 19.6. The molecule has 1 heterocycles. The van der Waals surface area contributed by atoms with E-state index in [0.717, 1.165) is 6.42 Å². The van der Waals surface area contributed by atoms with Crippen molar-refractivity contribution in [1.82, 2.24) is 5.32 Å². The van der Waals surface area contributed by atoms with Gasteiger partial charge in [-0.15, -0.1) is 0 Å². The number of hydrogen-bond acceptors (Lipinski definition) is 2. The Morgan fingerprint density at radius 1 is 1.37 bits per heavy atom. The standard InChI is InChI=1S/C15H18FNO2/c1-9-3-2-4-11(13(9)16)15(18)17-12-7-8-19-14(12)10-5-6-10/h2-4,10,12,14H,5-8H2,1H3,(H,17,18). The minimum absolute atomic E-state index is 0.0277. The van der Waals surface area contributed by atoms with E-state index >= 15 is 0 Å². The van der Waals surface area contributed by atoms with Crippen molar-refractivity contribution in [2.45, 2.75) is 38.3 Å². The van der Waals surface area contributed by atoms with Crippen molar-refractivity contribution >= 4 is 5.91 Å². The smallest absolute Gasteiger partial charge is 0.254 e. The van der Waals surface area contributed by atoms with E-state index in [1.54, 1.807) is 19.1 Å². The lowest BCUT2D eigenvalue weighted by atomic mass is 10.0. The molecule has 19 heavy (non-hydrogen) atoms. The maximum absolute atomic E-state index is 13.9. The van der Waals surface area contributed by atoms with Gasteiger partial charge in [-0.1, -0.05) is 12.1 Å². The first-order chi connectivity index (χ1) is 9.16. The van der Waals surface area contributed by atoms with Crippen LogP contribution in [0.25, 0.3) is 0 Å². The Kier molecular flexibility index (Phi) is 3.27. The van der Waals surface area contributed by atoms with E-state index in [1.165, 1.54) is 18.9 Å². The van der Waals surface area contributed by atoms with Crippen molar-refractivity contribution in [3.05, 3.63) is 35.1 Å². The molecule has 1 saturated carbocycles. The molecule has 2 atom stereocenters. The van der Waals surface area contributed by atoms with Gasteiger partial charge in [-0.3, -0.25) is 4.79 Å². The van der Waals surface area contributed by atoms with E-state index in [0.29, 0.717) is 18.1 Å². The highest BCUT2D eigenvalue weighted by Gasteiger charge is 2.41. The van der Waals surface area contributed by atoms with Crippen molar-refractivity contribution in [1.29, 1.82) is 0 Å². The van der Waals surface area contributed by atoms with Crippen molar-refractivity contribution in [2.24, 2.45) is 5.92 Å². The molecule has 1 amide bonds. The quantitative estimate of drug-likeness (QED) is 0.909. The molecule has 1 aliphatic carbocycles. The van der Waals surface area contributed by atoms with Gasteiger partial charge < -0.3 is 10.1 Å². The molecular weight excluding hydrogens is 245 g/mol. The Labute approximate surface area is 112 Å². The molecule has 3 rings (SSSR count). The third-order valence-electron chi connectivity index (χ3n) is 3.98. The first kappa shape index (κ1) is 12.6. The molecule has 2 fully saturated rings. The zero-order valence-corrected chi connectivity index (χ0v) is 11.0. The van der Waals surface area contributed by atoms with Crippen LogP contribution in [0.15, 0.2) is 18.2 Å². The number of rotatable bonds is 3. The summed E-state index contributed by atoms with van der Waals surface area (Å²) in [6, 6.07) is 4.92. The normalized spacial score (nSPS) is 26.4. The van der Waals surface area contributed by atoms with Gasteiger partial charge in [0.1, 0.15) is 5.82 Å². The summed E-state index contributed by atoms with van der Waals surface area (Å²) in [5.74, 6) is -0.181. The third-order valence-corrected chi connectivity index (χ3v) is 3.98. The lowest BCUT2D eigenvalue weighted by molar-refractivity contribution is 0.0727. The maximum atomic E-state index is 13.9. The van der Waals surface area contributed by atoms with E-state index in [2.05, 4.69) is 5.32 Å². The van der Waals surface area contributed by atoms with Crippen molar-refractivity contribution < 1.29 is 13.9 Å². The summed E-state index contributed by atoms with van der Waals surface area (Å²) in [7, 11) is 0. The maximum Gasteiger partial charge on any atom is 0.254 e. The first-order valence-corrected chi connectivity index (χ1v) is 6.84. The Balaban J connectivity index is 1.72. The fraction of sp³-hybridized carbons (Fsp3) is 0.533. The molecule has 0 aromatic heterocycles. The second-order valence-corrected chi connectivity index (χ2v) is 5.48. The van der Waals surface area contributed by atoms with E-state index in [9.17, 15) is 9.18 Å². The van der Waals surface area contributed by atoms with Crippen LogP contribution in [0, 0.1) is 18.7 Å². The number of benzene rings is 1. The Hall–Kier alpha value is -1.42. The Morgan fingerprint density at radius 3 is 2.89 bits per heavy atom. The first-order valence-electron chi connectivity index (χ1n) is 6.84. The molecule has 2 aliphatic rings. The van der Waals surface area contributed by atoms with E-state index in [1.807, 2.05) is 0 Å². The van der Waals surface area contributed by atoms with E-state index < -0.39 is 5.82 Å². The summed E-state index contributed by atoms with van der Waals surface area (Å²) in [5.41, 5.74) is 0.621. The summed E-state index contributed by atoms with van der Waals surface area (Å²) in [4.78, 5) is 12.2. The van der Waals surface area contributed by atoms with Gasteiger partial charge in [-0.2, -0.15) is 0 Å². The molecule has 102 valence electrons. The largest absolute Gasteiger partial charge is 0.376 e. The number of ether oxygens (including phenoxy) is 1. The average Bonchev–Trinajstić information content (AvgIpc) is 3.13. The van der Waals surface area contributed by atoms with Gasteiger partial charge in [0.05, 0.1) is 17.7 Å². The van der Waals surface area contributed by atoms with Crippen LogP contribution in [0.5, 0.6) is 0 Å². The van der Waals surface area contributed by atoms with Gasteiger partial charge in [0, 0.05) is 6.61 Å². The van der Waals surface area contributed by atoms with Gasteiger partial charge in [0.15, 0.2) is 0 Å². The van der Waals surface area contributed by atoms with Gasteiger partial charge in [0.25, 0.3) is 5.91 Å². The number of amides is 1. The van der Waals surface area contributed by atoms with Gasteiger partial charge in [0.2, 0.25) is 0 Å². The monoisotopic (exact) mass is 263 g/mol. The molecule has 0 radical (unpaired) electrons. The summed E-state index contributed by atoms with van der Waals surface area (Å²) >= 11 is 0. The molecule has 1 N–H and O–H groups in total. The Bertz CT molecular complexity index is 499. The predicted octanol–water partition coefficient (Wildman–Crippen LogP) is 2.43. The number of hydrogen-bond donors (Lipinski definition) is 1. The number of nitrogens with one attached hydrogen (secondary N) is 1. The van der Waals surface area contributed by atoms with Crippen LogP contribution in [0.2, 0.25) is 0 Å². The van der Waals surface area contributed by atoms with Crippen LogP contribution in [0.4, 0.5) is 4.39 Å². The zero-order valence-electron chi connectivity index (χ0n) is 11.0. The van der Waals surface area contributed by atoms with Crippen LogP contribution in [0.3, 0.4) is 0 Å². The molecule has 1 saturated heterocycles. The average molecular weight is 263 g/mol. The Morgan fingerprint density at radius 2 is 2.16 bits per heavy atom. The van der Waals surface area contributed by atoms with Crippen molar-refractivity contribution in [3.63, 3.8) is 0 Å². The molecule has 1 aromatic rings. The van der Waals surface area contributed by atoms with Crippen LogP contribution in [-0.2, 0) is 4.74 Å². The zero-order chi connectivity index (χ0) is 13.4. The van der Waals surface area contributed by atoms with E-state index in [4.69, 9.17) is 4.74 Å². The van der Waals surface area contributed by atoms with Crippen molar-refractivity contribution in [2.75, 3.05) is 6.61 Å². The molecule has 3 nitrogen and oxygen atoms in total. The highest BCUT2D eigenvalue weighted by molar-refractivity contribution is 5.94. The molecular formula is C15H18FNO2. The second-order valence-electron chi connectivity index (χ2n) is 5.48. The van der Waals surface area contributed by atoms with Crippen LogP contribution < -0.4 is 5.32 Å². The van der Waals surface area contributed by atoms with Crippen LogP contribution in [-0.4, -0.2) is 24.7 Å². The number of carbonyl (C=O) groups is 1. The number of carbonyl (C=O) groups excluding carboxylic acids is 1. The van der Waals surface area contributed by atoms with E-state index in [-0.39, 0.29) is 23.6 Å². The SMILES string of the molecule is Cc1cccc(C(=O)NC2CCOC2C2CC2)c1F. The lowest BCUT2D eigenvalue weighted by Gasteiger charge is -2.19. The summed E-state index contributed by atoms with van der Waals surface area (Å²) in [6.07, 6.45) is 3.29. The highest BCUT2D eigenvalue weighted by Crippen LogP contribution is 2.38. The van der Waals surface area contributed by atoms with Gasteiger partial charge >= 0.3 is 0 Å². The fourth-order valence-electron chi connectivity index (χ4n) is 2.72.